The summed E-state index contributed by atoms with van der Waals surface area (Å²) in [5.74, 6) is 0.0996. The van der Waals surface area contributed by atoms with Gasteiger partial charge in [-0.05, 0) is 125 Å². The Kier molecular flexibility index (Phi) is 18.5. The van der Waals surface area contributed by atoms with Crippen LogP contribution in [0, 0.1) is 25.7 Å². The van der Waals surface area contributed by atoms with E-state index < -0.39 is 47.6 Å². The smallest absolute Gasteiger partial charge is 0.433 e. The van der Waals surface area contributed by atoms with Crippen LogP contribution >= 0.6 is 0 Å². The quantitative estimate of drug-likeness (QED) is 0.0661. The van der Waals surface area contributed by atoms with E-state index in [1.807, 2.05) is 62.4 Å². The number of amides is 4. The molecular formula is C66H70F6N12O8. The number of para-hydroxylation sites is 2. The summed E-state index contributed by atoms with van der Waals surface area (Å²) in [6.07, 6.45) is -3.76. The van der Waals surface area contributed by atoms with E-state index in [2.05, 4.69) is 40.6 Å². The van der Waals surface area contributed by atoms with Gasteiger partial charge in [0.05, 0.1) is 63.3 Å². The van der Waals surface area contributed by atoms with E-state index in [0.29, 0.717) is 69.2 Å². The number of benzene rings is 4. The number of alkyl halides is 6. The van der Waals surface area contributed by atoms with Crippen molar-refractivity contribution in [2.45, 2.75) is 89.9 Å². The van der Waals surface area contributed by atoms with E-state index in [0.717, 1.165) is 49.2 Å². The first-order valence-electron chi connectivity index (χ1n) is 30.3. The van der Waals surface area contributed by atoms with Gasteiger partial charge in [0.15, 0.2) is 22.7 Å². The molecule has 0 radical (unpaired) electrons. The van der Waals surface area contributed by atoms with Gasteiger partial charge in [0.1, 0.15) is 22.6 Å². The van der Waals surface area contributed by atoms with Gasteiger partial charge in [-0.25, -0.2) is 19.0 Å². The highest BCUT2D eigenvalue weighted by Crippen LogP contribution is 2.41. The molecule has 6 heterocycles. The molecule has 0 unspecified atom stereocenters. The van der Waals surface area contributed by atoms with Gasteiger partial charge in [0.2, 0.25) is 11.8 Å². The van der Waals surface area contributed by atoms with Crippen LogP contribution in [0.2, 0.25) is 0 Å². The number of halogens is 6. The van der Waals surface area contributed by atoms with Gasteiger partial charge in [-0.15, -0.1) is 0 Å². The summed E-state index contributed by atoms with van der Waals surface area (Å²) in [5.41, 5.74) is 1.24. The number of nitrogens with one attached hydrogen (secondary N) is 2. The predicted molar refractivity (Wildman–Crippen MR) is 329 cm³/mol. The van der Waals surface area contributed by atoms with E-state index in [-0.39, 0.29) is 107 Å². The number of ether oxygens (including phenoxy) is 2. The molecule has 4 N–H and O–H groups in total. The number of rotatable bonds is 16. The standard InChI is InChI=1S/2C33H35F3N6O4/c2*1-19-17-40(27(18-43)24-6-4-5-7-26(24)38-31(44)22-8-9-22)14-15-41(19)32(45)25-16-37-42-29(33(34,35)36)20(2)28(39-30(25)42)21-10-12-23(46-3)13-11-21/h2*4-7,10-13,16,19,22,27,43H,8-9,14-15,17-18H2,1-3H3,(H,38,44)/t19-,27+;19-,27-/m11/s1. The summed E-state index contributed by atoms with van der Waals surface area (Å²) in [6, 6.07) is 26.2. The van der Waals surface area contributed by atoms with Gasteiger partial charge in [0, 0.05) is 96.8 Å². The first-order valence-corrected chi connectivity index (χ1v) is 30.3. The Morgan fingerprint density at radius 3 is 1.23 bits per heavy atom. The van der Waals surface area contributed by atoms with Crippen molar-refractivity contribution in [3.8, 4) is 34.0 Å². The van der Waals surface area contributed by atoms with Crippen LogP contribution < -0.4 is 20.1 Å². The topological polar surface area (TPSA) is 225 Å². The second kappa shape index (κ2) is 26.3. The Balaban J connectivity index is 0.000000188. The maximum absolute atomic E-state index is 14.4. The van der Waals surface area contributed by atoms with Gasteiger partial charge >= 0.3 is 12.4 Å². The molecule has 484 valence electrons. The van der Waals surface area contributed by atoms with Crippen molar-refractivity contribution >= 4 is 46.3 Å². The van der Waals surface area contributed by atoms with Crippen LogP contribution in [0.1, 0.15) is 106 Å². The molecule has 8 aromatic rings. The number of aromatic nitrogens is 6. The molecule has 2 aliphatic heterocycles. The lowest BCUT2D eigenvalue weighted by atomic mass is 10.0. The fourth-order valence-electron chi connectivity index (χ4n) is 12.4. The molecule has 4 aliphatic rings. The highest BCUT2D eigenvalue weighted by molar-refractivity contribution is 6.01. The summed E-state index contributed by atoms with van der Waals surface area (Å²) in [4.78, 5) is 69.3. The number of carbonyl (C=O) groups is 4. The number of methoxy groups -OCH3 is 2. The number of aliphatic hydroxyl groups excluding tert-OH is 2. The van der Waals surface area contributed by atoms with E-state index >= 15 is 0 Å². The summed E-state index contributed by atoms with van der Waals surface area (Å²) >= 11 is 0. The maximum Gasteiger partial charge on any atom is 0.433 e. The molecule has 92 heavy (non-hydrogen) atoms. The lowest BCUT2D eigenvalue weighted by molar-refractivity contribution is -0.144. The van der Waals surface area contributed by atoms with Crippen LogP contribution in [0.15, 0.2) is 109 Å². The largest absolute Gasteiger partial charge is 0.497 e. The third kappa shape index (κ3) is 13.1. The number of carbonyl (C=O) groups excluding carboxylic acids is 4. The normalized spacial score (nSPS) is 18.1. The van der Waals surface area contributed by atoms with Crippen molar-refractivity contribution in [2.75, 3.05) is 77.3 Å². The summed E-state index contributed by atoms with van der Waals surface area (Å²) in [6.45, 7) is 8.05. The minimum absolute atomic E-state index is 0.0213. The molecule has 4 fully saturated rings. The van der Waals surface area contributed by atoms with Gasteiger partial charge in [-0.3, -0.25) is 29.0 Å². The third-order valence-corrected chi connectivity index (χ3v) is 17.6. The molecule has 0 bridgehead atoms. The van der Waals surface area contributed by atoms with Crippen LogP contribution in [0.25, 0.3) is 33.8 Å². The Bertz CT molecular complexity index is 3800. The minimum atomic E-state index is -4.76. The van der Waals surface area contributed by atoms with Crippen LogP contribution in [0.3, 0.4) is 0 Å². The molecule has 20 nitrogen and oxygen atoms in total. The highest BCUT2D eigenvalue weighted by atomic mass is 19.4. The Labute approximate surface area is 525 Å². The van der Waals surface area contributed by atoms with Gasteiger partial charge in [0.25, 0.3) is 11.8 Å². The summed E-state index contributed by atoms with van der Waals surface area (Å²) in [7, 11) is 2.99. The SMILES string of the molecule is COc1ccc(-c2nc3c(C(=O)N4CCN([C@@H](CO)c5ccccc5NC(=O)C5CC5)C[C@H]4C)cnn3c(C(F)(F)F)c2C)cc1.COc1ccc(-c2nc3c(C(=O)N4CCN([C@H](CO)c5ccccc5NC(=O)C5CC5)C[C@H]4C)cnn3c(C(F)(F)F)c2C)cc1. The van der Waals surface area contributed by atoms with Gasteiger partial charge in [-0.1, -0.05) is 36.4 Å². The molecule has 4 aromatic heterocycles. The molecular weight excluding hydrogens is 1200 g/mol. The number of hydrogen-bond donors (Lipinski definition) is 4. The molecule has 4 aromatic carbocycles. The van der Waals surface area contributed by atoms with Crippen molar-refractivity contribution in [3.63, 3.8) is 0 Å². The van der Waals surface area contributed by atoms with Crippen molar-refractivity contribution in [1.82, 2.24) is 48.8 Å². The van der Waals surface area contributed by atoms with Crippen LogP contribution in [0.5, 0.6) is 11.5 Å². The lowest BCUT2D eigenvalue weighted by Crippen LogP contribution is -2.55. The molecule has 2 saturated carbocycles. The number of anilines is 2. The molecule has 12 rings (SSSR count). The average molecular weight is 1270 g/mol. The first kappa shape index (κ1) is 64.5. The second-order valence-corrected chi connectivity index (χ2v) is 23.7. The number of hydrogen-bond acceptors (Lipinski definition) is 14. The fourth-order valence-corrected chi connectivity index (χ4v) is 12.4. The molecule has 4 amide bonds. The summed E-state index contributed by atoms with van der Waals surface area (Å²) in [5, 5.41) is 34.9. The Morgan fingerprint density at radius 1 is 0.554 bits per heavy atom. The van der Waals surface area contributed by atoms with E-state index in [9.17, 15) is 55.7 Å². The fraction of sp³-hybridized carbons (Fsp3) is 0.394. The zero-order valence-electron chi connectivity index (χ0n) is 51.4. The minimum Gasteiger partial charge on any atom is -0.497 e. The number of nitrogens with zero attached hydrogens (tertiary/aromatic N) is 10. The zero-order valence-corrected chi connectivity index (χ0v) is 51.4. The van der Waals surface area contributed by atoms with Crippen molar-refractivity contribution < 1.29 is 65.2 Å². The molecule has 0 spiro atoms. The predicted octanol–water partition coefficient (Wildman–Crippen LogP) is 9.92. The molecule has 26 heteroatoms. The summed E-state index contributed by atoms with van der Waals surface area (Å²) < 4.78 is 98.2. The number of aliphatic hydroxyl groups is 2. The Hall–Kier alpha value is -8.98. The Morgan fingerprint density at radius 2 is 0.913 bits per heavy atom. The maximum atomic E-state index is 14.4. The van der Waals surface area contributed by atoms with Gasteiger partial charge in [-0.2, -0.15) is 36.5 Å². The van der Waals surface area contributed by atoms with E-state index in [4.69, 9.17) is 9.47 Å². The first-order chi connectivity index (χ1) is 44.0. The third-order valence-electron chi connectivity index (χ3n) is 17.6. The molecule has 2 saturated heterocycles. The monoisotopic (exact) mass is 1270 g/mol. The lowest BCUT2D eigenvalue weighted by Gasteiger charge is -2.43. The number of fused-ring (bicyclic) bond motifs is 2. The van der Waals surface area contributed by atoms with E-state index in [1.54, 1.807) is 58.3 Å². The van der Waals surface area contributed by atoms with E-state index in [1.165, 1.54) is 28.1 Å². The van der Waals surface area contributed by atoms with Crippen molar-refractivity contribution in [3.05, 3.63) is 154 Å². The zero-order chi connectivity index (χ0) is 65.5. The van der Waals surface area contributed by atoms with Crippen molar-refractivity contribution in [1.29, 1.82) is 0 Å². The van der Waals surface area contributed by atoms with Crippen LogP contribution in [-0.2, 0) is 21.9 Å². The van der Waals surface area contributed by atoms with Crippen molar-refractivity contribution in [2.24, 2.45) is 11.8 Å². The van der Waals surface area contributed by atoms with Crippen LogP contribution in [0.4, 0.5) is 37.7 Å². The second-order valence-electron chi connectivity index (χ2n) is 23.7. The highest BCUT2D eigenvalue weighted by Gasteiger charge is 2.43. The molecule has 4 atom stereocenters. The average Bonchev–Trinajstić information content (AvgIpc) is 1.70. The van der Waals surface area contributed by atoms with Crippen LogP contribution in [-0.4, -0.2) is 161 Å². The molecule has 2 aliphatic carbocycles. The van der Waals surface area contributed by atoms with Gasteiger partial charge < -0.3 is 40.1 Å². The number of piperazine rings is 2.